The van der Waals surface area contributed by atoms with E-state index in [-0.39, 0.29) is 17.6 Å². The van der Waals surface area contributed by atoms with Crippen LogP contribution in [0.5, 0.6) is 0 Å². The fraction of sp³-hybridized carbons (Fsp3) is 0.778. The number of amides is 1. The number of likely N-dealkylation sites (tertiary alicyclic amines) is 1. The van der Waals surface area contributed by atoms with Crippen molar-refractivity contribution >= 4 is 5.91 Å². The number of aromatic nitrogens is 2. The molecule has 9 heteroatoms. The number of aromatic amines is 1. The maximum absolute atomic E-state index is 12.4. The molecule has 0 aliphatic carbocycles. The summed E-state index contributed by atoms with van der Waals surface area (Å²) < 4.78 is 43.6. The largest absolute Gasteiger partial charge is 0.389 e. The van der Waals surface area contributed by atoms with Crippen LogP contribution in [-0.4, -0.2) is 70.2 Å². The van der Waals surface area contributed by atoms with E-state index in [1.54, 1.807) is 17.3 Å². The number of nitrogens with zero attached hydrogens (tertiary/aromatic N) is 3. The second kappa shape index (κ2) is 6.77. The van der Waals surface area contributed by atoms with Crippen LogP contribution in [0.15, 0.2) is 12.4 Å². The van der Waals surface area contributed by atoms with Crippen LogP contribution in [0, 0.1) is 11.8 Å². The molecule has 1 amide bonds. The molecule has 4 rings (SSSR count). The number of ether oxygens (including phenoxy) is 1. The van der Waals surface area contributed by atoms with Crippen LogP contribution >= 0.6 is 0 Å². The van der Waals surface area contributed by atoms with Gasteiger partial charge in [0, 0.05) is 43.7 Å². The normalized spacial score (nSPS) is 32.5. The Bertz CT molecular complexity index is 681. The average molecular weight is 386 g/mol. The van der Waals surface area contributed by atoms with Crippen LogP contribution in [0.25, 0.3) is 0 Å². The van der Waals surface area contributed by atoms with Crippen LogP contribution in [0.2, 0.25) is 0 Å². The molecule has 1 aromatic rings. The van der Waals surface area contributed by atoms with Gasteiger partial charge in [-0.15, -0.1) is 0 Å². The highest BCUT2D eigenvalue weighted by Crippen LogP contribution is 2.55. The number of rotatable bonds is 6. The van der Waals surface area contributed by atoms with Gasteiger partial charge in [-0.25, -0.2) is 4.98 Å². The quantitative estimate of drug-likeness (QED) is 0.814. The molecule has 27 heavy (non-hydrogen) atoms. The Morgan fingerprint density at radius 1 is 1.52 bits per heavy atom. The zero-order valence-electron chi connectivity index (χ0n) is 15.3. The molecule has 3 aliphatic rings. The number of fused-ring (bicyclic) bond motifs is 1. The molecule has 0 saturated carbocycles. The van der Waals surface area contributed by atoms with E-state index in [4.69, 9.17) is 4.74 Å². The molecule has 3 fully saturated rings. The minimum atomic E-state index is -4.30. The average Bonchev–Trinajstić information content (AvgIpc) is 3.34. The van der Waals surface area contributed by atoms with Crippen LogP contribution < -0.4 is 0 Å². The SMILES string of the molecule is CN(Cc1ncc[nH]1)C[C@H]1[C@H]2CN(C(=O)CCC(F)(F)F)C[C@]23CC[C@H]1O3. The maximum Gasteiger partial charge on any atom is 0.389 e. The molecule has 1 spiro atoms. The zero-order valence-corrected chi connectivity index (χ0v) is 15.3. The van der Waals surface area contributed by atoms with Gasteiger partial charge in [0.1, 0.15) is 5.82 Å². The lowest BCUT2D eigenvalue weighted by molar-refractivity contribution is -0.149. The molecular weight excluding hydrogens is 361 g/mol. The number of alkyl halides is 3. The highest BCUT2D eigenvalue weighted by molar-refractivity contribution is 5.76. The van der Waals surface area contributed by atoms with Gasteiger partial charge in [-0.2, -0.15) is 13.2 Å². The Kier molecular flexibility index (Phi) is 4.70. The number of hydrogen-bond donors (Lipinski definition) is 1. The number of carbonyl (C=O) groups is 1. The van der Waals surface area contributed by atoms with Crippen molar-refractivity contribution in [3.05, 3.63) is 18.2 Å². The standard InChI is InChI=1S/C18H25F3N4O2/c1-24(10-15-22-6-7-23-15)8-12-13-9-25(16(26)3-5-18(19,20)21)11-17(13)4-2-14(12)27-17/h6-7,12-14H,2-5,8-11H2,1H3,(H,22,23)/t12-,13+,14+,17+/m0/s1. The van der Waals surface area contributed by atoms with Crippen molar-refractivity contribution in [3.8, 4) is 0 Å². The lowest BCUT2D eigenvalue weighted by Crippen LogP contribution is -2.41. The van der Waals surface area contributed by atoms with Crippen molar-refractivity contribution in [1.82, 2.24) is 19.8 Å². The number of H-pyrrole nitrogens is 1. The maximum atomic E-state index is 12.4. The molecular formula is C18H25F3N4O2. The number of carbonyl (C=O) groups excluding carboxylic acids is 1. The third-order valence-corrected chi connectivity index (χ3v) is 6.26. The molecule has 0 unspecified atom stereocenters. The van der Waals surface area contributed by atoms with Crippen LogP contribution in [0.3, 0.4) is 0 Å². The first-order valence-electron chi connectivity index (χ1n) is 9.45. The summed E-state index contributed by atoms with van der Waals surface area (Å²) in [6, 6.07) is 0. The summed E-state index contributed by atoms with van der Waals surface area (Å²) in [7, 11) is 2.03. The van der Waals surface area contributed by atoms with Crippen molar-refractivity contribution in [3.63, 3.8) is 0 Å². The Balaban J connectivity index is 1.38. The summed E-state index contributed by atoms with van der Waals surface area (Å²) in [4.78, 5) is 23.4. The topological polar surface area (TPSA) is 61.5 Å². The van der Waals surface area contributed by atoms with Gasteiger partial charge >= 0.3 is 6.18 Å². The molecule has 1 aromatic heterocycles. The van der Waals surface area contributed by atoms with E-state index in [0.717, 1.165) is 25.2 Å². The van der Waals surface area contributed by atoms with Gasteiger partial charge in [0.2, 0.25) is 5.91 Å². The Morgan fingerprint density at radius 3 is 3.04 bits per heavy atom. The molecule has 0 aromatic carbocycles. The summed E-state index contributed by atoms with van der Waals surface area (Å²) in [6.07, 6.45) is -0.279. The van der Waals surface area contributed by atoms with Crippen molar-refractivity contribution in [2.24, 2.45) is 11.8 Å². The first kappa shape index (κ1) is 18.7. The van der Waals surface area contributed by atoms with E-state index in [0.29, 0.717) is 25.6 Å². The van der Waals surface area contributed by atoms with E-state index >= 15 is 0 Å². The first-order valence-corrected chi connectivity index (χ1v) is 9.45. The third kappa shape index (κ3) is 3.71. The van der Waals surface area contributed by atoms with Crippen LogP contribution in [0.1, 0.15) is 31.5 Å². The van der Waals surface area contributed by atoms with Crippen molar-refractivity contribution in [2.45, 2.75) is 50.1 Å². The number of halogens is 3. The van der Waals surface area contributed by atoms with Gasteiger partial charge < -0.3 is 14.6 Å². The number of hydrogen-bond acceptors (Lipinski definition) is 4. The minimum absolute atomic E-state index is 0.182. The van der Waals surface area contributed by atoms with Gasteiger partial charge in [-0.05, 0) is 19.9 Å². The van der Waals surface area contributed by atoms with Crippen molar-refractivity contribution < 1.29 is 22.7 Å². The first-order chi connectivity index (χ1) is 12.8. The van der Waals surface area contributed by atoms with E-state index in [2.05, 4.69) is 14.9 Å². The smallest absolute Gasteiger partial charge is 0.369 e. The number of imidazole rings is 1. The Morgan fingerprint density at radius 2 is 2.33 bits per heavy atom. The summed E-state index contributed by atoms with van der Waals surface area (Å²) in [5, 5.41) is 0. The van der Waals surface area contributed by atoms with Gasteiger partial charge in [0.15, 0.2) is 0 Å². The fourth-order valence-corrected chi connectivity index (χ4v) is 5.10. The molecule has 6 nitrogen and oxygen atoms in total. The predicted molar refractivity (Wildman–Crippen MR) is 90.6 cm³/mol. The van der Waals surface area contributed by atoms with Crippen molar-refractivity contribution in [2.75, 3.05) is 26.7 Å². The summed E-state index contributed by atoms with van der Waals surface area (Å²) in [6.45, 7) is 2.46. The highest BCUT2D eigenvalue weighted by atomic mass is 19.4. The number of nitrogens with one attached hydrogen (secondary N) is 1. The Hall–Kier alpha value is -1.61. The van der Waals surface area contributed by atoms with Gasteiger partial charge in [0.05, 0.1) is 31.2 Å². The van der Waals surface area contributed by atoms with E-state index in [9.17, 15) is 18.0 Å². The lowest BCUT2D eigenvalue weighted by Gasteiger charge is -2.31. The summed E-state index contributed by atoms with van der Waals surface area (Å²) >= 11 is 0. The molecule has 2 bridgehead atoms. The summed E-state index contributed by atoms with van der Waals surface area (Å²) in [5.74, 6) is 0.974. The second-order valence-electron chi connectivity index (χ2n) is 8.15. The van der Waals surface area contributed by atoms with Gasteiger partial charge in [0.25, 0.3) is 0 Å². The van der Waals surface area contributed by atoms with Crippen molar-refractivity contribution in [1.29, 1.82) is 0 Å². The van der Waals surface area contributed by atoms with E-state index in [1.807, 2.05) is 7.05 Å². The van der Waals surface area contributed by atoms with E-state index in [1.165, 1.54) is 0 Å². The zero-order chi connectivity index (χ0) is 19.2. The van der Waals surface area contributed by atoms with Gasteiger partial charge in [-0.1, -0.05) is 0 Å². The van der Waals surface area contributed by atoms with E-state index < -0.39 is 24.9 Å². The van der Waals surface area contributed by atoms with Crippen LogP contribution in [0.4, 0.5) is 13.2 Å². The summed E-state index contributed by atoms with van der Waals surface area (Å²) in [5.41, 5.74) is -0.352. The molecule has 1 N–H and O–H groups in total. The monoisotopic (exact) mass is 386 g/mol. The minimum Gasteiger partial charge on any atom is -0.369 e. The Labute approximate surface area is 156 Å². The van der Waals surface area contributed by atoms with Crippen LogP contribution in [-0.2, 0) is 16.1 Å². The fourth-order valence-electron chi connectivity index (χ4n) is 5.10. The lowest BCUT2D eigenvalue weighted by atomic mass is 9.73. The molecule has 0 radical (unpaired) electrons. The van der Waals surface area contributed by atoms with Gasteiger partial charge in [-0.3, -0.25) is 9.69 Å². The molecule has 3 saturated heterocycles. The predicted octanol–water partition coefficient (Wildman–Crippen LogP) is 2.19. The third-order valence-electron chi connectivity index (χ3n) is 6.26. The molecule has 4 atom stereocenters. The molecule has 3 aliphatic heterocycles. The second-order valence-corrected chi connectivity index (χ2v) is 8.15. The highest BCUT2D eigenvalue weighted by Gasteiger charge is 2.63. The molecule has 4 heterocycles. The molecule has 150 valence electrons.